The highest BCUT2D eigenvalue weighted by Gasteiger charge is 2.61. The van der Waals surface area contributed by atoms with E-state index in [0.29, 0.717) is 10.0 Å². The molecule has 2 bridgehead atoms. The molecule has 8 nitrogen and oxygen atoms in total. The van der Waals surface area contributed by atoms with Crippen LogP contribution in [-0.2, 0) is 9.59 Å². The lowest BCUT2D eigenvalue weighted by Gasteiger charge is -2.30. The Bertz CT molecular complexity index is 1640. The molecule has 1 saturated carbocycles. The van der Waals surface area contributed by atoms with Crippen LogP contribution in [0.4, 0.5) is 0 Å². The zero-order chi connectivity index (χ0) is 29.7. The molecule has 0 aromatic heterocycles. The van der Waals surface area contributed by atoms with Gasteiger partial charge in [0.1, 0.15) is 12.3 Å². The van der Waals surface area contributed by atoms with Gasteiger partial charge in [-0.25, -0.2) is 9.80 Å². The maximum absolute atomic E-state index is 13.7. The van der Waals surface area contributed by atoms with E-state index in [0.717, 1.165) is 16.4 Å². The summed E-state index contributed by atoms with van der Waals surface area (Å²) in [5.74, 6) is -3.99. The van der Waals surface area contributed by atoms with Crippen LogP contribution < -0.4 is 4.74 Å². The molecule has 3 amide bonds. The summed E-state index contributed by atoms with van der Waals surface area (Å²) in [5, 5.41) is 2.67. The summed E-state index contributed by atoms with van der Waals surface area (Å²) in [7, 11) is 0. The third-order valence-corrected chi connectivity index (χ3v) is 8.65. The molecule has 212 valence electrons. The Kier molecular flexibility index (Phi) is 7.39. The maximum Gasteiger partial charge on any atom is 0.345 e. The number of hydrogen-bond acceptors (Lipinski definition) is 6. The Morgan fingerprint density at radius 1 is 0.786 bits per heavy atom. The normalized spacial score (nSPS) is 21.9. The smallest absolute Gasteiger partial charge is 0.345 e. The number of hydrazine groups is 1. The lowest BCUT2D eigenvalue weighted by atomic mass is 9.85. The molecule has 3 aliphatic rings. The minimum absolute atomic E-state index is 0.0670. The number of hydrogen-bond donors (Lipinski definition) is 0. The van der Waals surface area contributed by atoms with Gasteiger partial charge < -0.3 is 4.74 Å². The quantitative estimate of drug-likeness (QED) is 0.107. The van der Waals surface area contributed by atoms with Crippen LogP contribution in [0.15, 0.2) is 78.9 Å². The molecule has 1 aliphatic heterocycles. The highest BCUT2D eigenvalue weighted by Crippen LogP contribution is 2.52. The Hall–Kier alpha value is -3.98. The molecule has 0 N–H and O–H groups in total. The first-order valence-electron chi connectivity index (χ1n) is 13.1. The molecule has 1 heterocycles. The van der Waals surface area contributed by atoms with Gasteiger partial charge in [0.15, 0.2) is 5.78 Å². The number of benzene rings is 3. The standard InChI is InChI=1S/C31H21Cl3N2O6/c32-20-7-3-17(4-8-20)28(38)35(36-29(39)26-18-1-2-19(13-18)27(26)30(36)40)15-25(37)16-5-10-22(11-6-16)42-31(41)23-12-9-21(33)14-24(23)34/h1-12,14,18-19,26-27H,13,15H2/t18-,19-,26-,27-/m0/s1. The largest absolute Gasteiger partial charge is 0.423 e. The number of carbonyl (C=O) groups excluding carboxylic acids is 5. The minimum atomic E-state index is -0.712. The van der Waals surface area contributed by atoms with E-state index in [1.165, 1.54) is 66.7 Å². The van der Waals surface area contributed by atoms with E-state index in [4.69, 9.17) is 39.5 Å². The lowest BCUT2D eigenvalue weighted by molar-refractivity contribution is -0.154. The fraction of sp³-hybridized carbons (Fsp3) is 0.194. The van der Waals surface area contributed by atoms with Gasteiger partial charge in [0, 0.05) is 21.2 Å². The highest BCUT2D eigenvalue weighted by molar-refractivity contribution is 6.36. The number of imide groups is 1. The Balaban J connectivity index is 1.23. The van der Waals surface area contributed by atoms with Gasteiger partial charge in [0.25, 0.3) is 17.7 Å². The van der Waals surface area contributed by atoms with Crippen molar-refractivity contribution < 1.29 is 28.7 Å². The summed E-state index contributed by atoms with van der Waals surface area (Å²) in [6, 6.07) is 16.0. The van der Waals surface area contributed by atoms with Crippen LogP contribution in [0, 0.1) is 23.7 Å². The highest BCUT2D eigenvalue weighted by atomic mass is 35.5. The van der Waals surface area contributed by atoms with E-state index < -0.39 is 47.9 Å². The number of allylic oxidation sites excluding steroid dienone is 2. The Labute approximate surface area is 255 Å². The van der Waals surface area contributed by atoms with Crippen molar-refractivity contribution >= 4 is 64.3 Å². The van der Waals surface area contributed by atoms with Crippen LogP contribution in [0.3, 0.4) is 0 Å². The molecular formula is C31H21Cl3N2O6. The average molecular weight is 624 g/mol. The number of esters is 1. The molecule has 3 aromatic rings. The Morgan fingerprint density at radius 3 is 1.95 bits per heavy atom. The van der Waals surface area contributed by atoms with Crippen LogP contribution in [0.5, 0.6) is 5.75 Å². The van der Waals surface area contributed by atoms with Crippen molar-refractivity contribution in [3.05, 3.63) is 111 Å². The van der Waals surface area contributed by atoms with Crippen LogP contribution in [0.25, 0.3) is 0 Å². The van der Waals surface area contributed by atoms with Gasteiger partial charge in [-0.15, -0.1) is 0 Å². The van der Waals surface area contributed by atoms with Crippen molar-refractivity contribution in [2.75, 3.05) is 6.54 Å². The van der Waals surface area contributed by atoms with Crippen molar-refractivity contribution in [3.63, 3.8) is 0 Å². The predicted octanol–water partition coefficient (Wildman–Crippen LogP) is 5.91. The molecule has 2 aliphatic carbocycles. The summed E-state index contributed by atoms with van der Waals surface area (Å²) in [4.78, 5) is 66.7. The maximum atomic E-state index is 13.7. The van der Waals surface area contributed by atoms with Crippen LogP contribution in [0.2, 0.25) is 15.1 Å². The molecule has 42 heavy (non-hydrogen) atoms. The first-order valence-corrected chi connectivity index (χ1v) is 14.2. The summed E-state index contributed by atoms with van der Waals surface area (Å²) >= 11 is 17.9. The van der Waals surface area contributed by atoms with Gasteiger partial charge in [-0.3, -0.25) is 19.2 Å². The lowest BCUT2D eigenvalue weighted by Crippen LogP contribution is -2.52. The van der Waals surface area contributed by atoms with Gasteiger partial charge >= 0.3 is 5.97 Å². The van der Waals surface area contributed by atoms with Crippen molar-refractivity contribution in [1.29, 1.82) is 0 Å². The van der Waals surface area contributed by atoms with E-state index >= 15 is 0 Å². The first-order chi connectivity index (χ1) is 20.1. The second-order valence-electron chi connectivity index (χ2n) is 10.3. The van der Waals surface area contributed by atoms with Crippen molar-refractivity contribution in [2.24, 2.45) is 23.7 Å². The van der Waals surface area contributed by atoms with Gasteiger partial charge in [0.2, 0.25) is 0 Å². The van der Waals surface area contributed by atoms with Crippen molar-refractivity contribution in [1.82, 2.24) is 10.0 Å². The number of fused-ring (bicyclic) bond motifs is 5. The Morgan fingerprint density at radius 2 is 1.36 bits per heavy atom. The van der Waals surface area contributed by atoms with Crippen LogP contribution in [-0.4, -0.2) is 46.0 Å². The molecule has 11 heteroatoms. The first kappa shape index (κ1) is 28.2. The number of ether oxygens (including phenoxy) is 1. The number of halogens is 3. The second kappa shape index (κ2) is 11.0. The molecule has 0 unspecified atom stereocenters. The number of nitrogens with zero attached hydrogens (tertiary/aromatic N) is 2. The van der Waals surface area contributed by atoms with E-state index in [2.05, 4.69) is 0 Å². The van der Waals surface area contributed by atoms with E-state index in [-0.39, 0.29) is 39.3 Å². The second-order valence-corrected chi connectivity index (χ2v) is 11.6. The molecule has 6 rings (SSSR count). The number of carbonyl (C=O) groups is 5. The molecule has 1 saturated heterocycles. The number of Topliss-reactive ketones (excluding diaryl/α,β-unsaturated/α-hetero) is 1. The number of rotatable bonds is 7. The predicted molar refractivity (Wildman–Crippen MR) is 154 cm³/mol. The SMILES string of the molecule is O=C(CN(C(=O)c1ccc(Cl)cc1)N1C(=O)[C@@H]2[C@@H](C1=O)[C@H]1C=C[C@H]2C1)c1ccc(OC(=O)c2ccc(Cl)cc2Cl)cc1. The zero-order valence-corrected chi connectivity index (χ0v) is 24.0. The van der Waals surface area contributed by atoms with Gasteiger partial charge in [-0.2, -0.15) is 5.01 Å². The monoisotopic (exact) mass is 622 g/mol. The fourth-order valence-electron chi connectivity index (χ4n) is 5.85. The van der Waals surface area contributed by atoms with Gasteiger partial charge in [-0.05, 0) is 85.0 Å². The molecular weight excluding hydrogens is 603 g/mol. The van der Waals surface area contributed by atoms with Gasteiger partial charge in [-0.1, -0.05) is 47.0 Å². The third-order valence-electron chi connectivity index (χ3n) is 7.85. The molecule has 0 spiro atoms. The van der Waals surface area contributed by atoms with E-state index in [1.54, 1.807) is 0 Å². The molecule has 2 fully saturated rings. The van der Waals surface area contributed by atoms with Crippen molar-refractivity contribution in [2.45, 2.75) is 6.42 Å². The van der Waals surface area contributed by atoms with Crippen molar-refractivity contribution in [3.8, 4) is 5.75 Å². The number of ketones is 1. The number of amides is 3. The van der Waals surface area contributed by atoms with E-state index in [1.807, 2.05) is 12.2 Å². The average Bonchev–Trinajstić information content (AvgIpc) is 3.65. The van der Waals surface area contributed by atoms with Crippen LogP contribution in [0.1, 0.15) is 37.5 Å². The van der Waals surface area contributed by atoms with Crippen LogP contribution >= 0.6 is 34.8 Å². The fourth-order valence-corrected chi connectivity index (χ4v) is 6.46. The van der Waals surface area contributed by atoms with Gasteiger partial charge in [0.05, 0.1) is 22.4 Å². The topological polar surface area (TPSA) is 101 Å². The van der Waals surface area contributed by atoms with E-state index in [9.17, 15) is 24.0 Å². The zero-order valence-electron chi connectivity index (χ0n) is 21.7. The minimum Gasteiger partial charge on any atom is -0.423 e. The summed E-state index contributed by atoms with van der Waals surface area (Å²) < 4.78 is 5.36. The third kappa shape index (κ3) is 5.00. The molecule has 4 atom stereocenters. The summed E-state index contributed by atoms with van der Waals surface area (Å²) in [6.45, 7) is -0.569. The molecule has 0 radical (unpaired) electrons. The summed E-state index contributed by atoms with van der Waals surface area (Å²) in [6.07, 6.45) is 4.63. The summed E-state index contributed by atoms with van der Waals surface area (Å²) in [5.41, 5.74) is 0.453. The molecule has 3 aromatic carbocycles.